The van der Waals surface area contributed by atoms with Crippen LogP contribution in [0.4, 0.5) is 0 Å². The molecule has 4 nitrogen and oxygen atoms in total. The molecule has 5 heteroatoms. The molecule has 0 aliphatic carbocycles. The lowest BCUT2D eigenvalue weighted by Crippen LogP contribution is -2.29. The molecule has 3 N–H and O–H groups in total. The van der Waals surface area contributed by atoms with Crippen LogP contribution in [0, 0.1) is 6.92 Å². The summed E-state index contributed by atoms with van der Waals surface area (Å²) in [4.78, 5) is 4.48. The highest BCUT2D eigenvalue weighted by molar-refractivity contribution is 7.09. The van der Waals surface area contributed by atoms with Gasteiger partial charge in [-0.05, 0) is 31.0 Å². The molecule has 2 aromatic rings. The first-order valence-electron chi connectivity index (χ1n) is 6.82. The van der Waals surface area contributed by atoms with Gasteiger partial charge < -0.3 is 4.74 Å². The topological polar surface area (TPSA) is 60.2 Å². The molecule has 2 rings (SSSR count). The summed E-state index contributed by atoms with van der Waals surface area (Å²) in [6, 6.07) is 8.14. The first kappa shape index (κ1) is 15.0. The molecule has 0 aliphatic heterocycles. The first-order chi connectivity index (χ1) is 9.72. The largest absolute Gasteiger partial charge is 0.494 e. The Morgan fingerprint density at radius 2 is 2.10 bits per heavy atom. The highest BCUT2D eigenvalue weighted by atomic mass is 32.1. The second-order valence-electron chi connectivity index (χ2n) is 4.70. The summed E-state index contributed by atoms with van der Waals surface area (Å²) < 4.78 is 5.58. The van der Waals surface area contributed by atoms with E-state index in [0.717, 1.165) is 41.5 Å². The molecule has 0 radical (unpaired) electrons. The van der Waals surface area contributed by atoms with E-state index in [1.54, 1.807) is 11.3 Å². The predicted octanol–water partition coefficient (Wildman–Crippen LogP) is 2.99. The van der Waals surface area contributed by atoms with Gasteiger partial charge in [0.2, 0.25) is 0 Å². The van der Waals surface area contributed by atoms with Crippen molar-refractivity contribution >= 4 is 11.3 Å². The summed E-state index contributed by atoms with van der Waals surface area (Å²) in [5.41, 5.74) is 5.07. The summed E-state index contributed by atoms with van der Waals surface area (Å²) >= 11 is 1.66. The first-order valence-corrected chi connectivity index (χ1v) is 7.70. The van der Waals surface area contributed by atoms with Crippen LogP contribution in [-0.2, 0) is 6.42 Å². The number of rotatable bonds is 7. The number of ether oxygens (including phenoxy) is 1. The molecule has 0 fully saturated rings. The van der Waals surface area contributed by atoms with Crippen LogP contribution < -0.4 is 16.0 Å². The predicted molar refractivity (Wildman–Crippen MR) is 82.8 cm³/mol. The number of thiazole rings is 1. The van der Waals surface area contributed by atoms with Crippen LogP contribution in [0.3, 0.4) is 0 Å². The Morgan fingerprint density at radius 3 is 2.65 bits per heavy atom. The van der Waals surface area contributed by atoms with E-state index in [-0.39, 0.29) is 6.04 Å². The van der Waals surface area contributed by atoms with Crippen molar-refractivity contribution in [2.24, 2.45) is 5.84 Å². The minimum absolute atomic E-state index is 0.0664. The molecular formula is C15H21N3OS. The third-order valence-corrected chi connectivity index (χ3v) is 3.86. The average Bonchev–Trinajstić information content (AvgIpc) is 2.88. The van der Waals surface area contributed by atoms with Gasteiger partial charge in [-0.25, -0.2) is 4.98 Å². The summed E-state index contributed by atoms with van der Waals surface area (Å²) in [5.74, 6) is 6.57. The third-order valence-electron chi connectivity index (χ3n) is 3.04. The molecular weight excluding hydrogens is 270 g/mol. The Morgan fingerprint density at radius 1 is 1.35 bits per heavy atom. The lowest BCUT2D eigenvalue weighted by molar-refractivity contribution is 0.317. The van der Waals surface area contributed by atoms with Crippen LogP contribution >= 0.6 is 11.3 Å². The van der Waals surface area contributed by atoms with E-state index in [2.05, 4.69) is 34.8 Å². The Kier molecular flexibility index (Phi) is 5.52. The molecule has 1 atom stereocenters. The number of hydrogen-bond acceptors (Lipinski definition) is 5. The van der Waals surface area contributed by atoms with Crippen molar-refractivity contribution in [3.05, 3.63) is 45.9 Å². The van der Waals surface area contributed by atoms with Crippen LogP contribution in [0.15, 0.2) is 29.6 Å². The normalized spacial score (nSPS) is 12.3. The fourth-order valence-electron chi connectivity index (χ4n) is 2.00. The van der Waals surface area contributed by atoms with Gasteiger partial charge in [0.1, 0.15) is 5.75 Å². The zero-order valence-electron chi connectivity index (χ0n) is 11.9. The Bertz CT molecular complexity index is 524. The molecule has 1 aromatic heterocycles. The molecule has 0 amide bonds. The number of aryl methyl sites for hydroxylation is 1. The molecule has 0 aliphatic rings. The minimum Gasteiger partial charge on any atom is -0.494 e. The monoisotopic (exact) mass is 291 g/mol. The molecule has 108 valence electrons. The van der Waals surface area contributed by atoms with Gasteiger partial charge in [-0.2, -0.15) is 0 Å². The van der Waals surface area contributed by atoms with Gasteiger partial charge in [0, 0.05) is 11.8 Å². The van der Waals surface area contributed by atoms with Gasteiger partial charge in [0.05, 0.1) is 23.4 Å². The van der Waals surface area contributed by atoms with Crippen molar-refractivity contribution in [1.82, 2.24) is 10.4 Å². The number of hydrogen-bond donors (Lipinski definition) is 2. The maximum absolute atomic E-state index is 5.67. The summed E-state index contributed by atoms with van der Waals surface area (Å²) in [7, 11) is 0. The Balaban J connectivity index is 2.03. The molecule has 0 spiro atoms. The van der Waals surface area contributed by atoms with E-state index < -0.39 is 0 Å². The minimum atomic E-state index is 0.0664. The second kappa shape index (κ2) is 7.38. The van der Waals surface area contributed by atoms with E-state index in [9.17, 15) is 0 Å². The number of nitrogens with one attached hydrogen (secondary N) is 1. The highest BCUT2D eigenvalue weighted by Crippen LogP contribution is 2.21. The number of nitrogens with zero attached hydrogens (tertiary/aromatic N) is 1. The summed E-state index contributed by atoms with van der Waals surface area (Å²) in [6.45, 7) is 4.85. The van der Waals surface area contributed by atoms with Crippen LogP contribution in [0.2, 0.25) is 0 Å². The van der Waals surface area contributed by atoms with Crippen molar-refractivity contribution in [2.75, 3.05) is 6.61 Å². The maximum Gasteiger partial charge on any atom is 0.119 e. The van der Waals surface area contributed by atoms with Gasteiger partial charge in [0.25, 0.3) is 0 Å². The zero-order chi connectivity index (χ0) is 14.4. The molecule has 0 saturated carbocycles. The van der Waals surface area contributed by atoms with E-state index in [4.69, 9.17) is 10.6 Å². The number of benzene rings is 1. The van der Waals surface area contributed by atoms with Crippen molar-refractivity contribution in [3.63, 3.8) is 0 Å². The second-order valence-corrected chi connectivity index (χ2v) is 5.76. The van der Waals surface area contributed by atoms with E-state index >= 15 is 0 Å². The van der Waals surface area contributed by atoms with Gasteiger partial charge >= 0.3 is 0 Å². The molecule has 1 heterocycles. The molecule has 1 aromatic carbocycles. The van der Waals surface area contributed by atoms with Crippen molar-refractivity contribution in [1.29, 1.82) is 0 Å². The van der Waals surface area contributed by atoms with Crippen molar-refractivity contribution in [3.8, 4) is 5.75 Å². The van der Waals surface area contributed by atoms with Crippen LogP contribution in [-0.4, -0.2) is 11.6 Å². The third kappa shape index (κ3) is 4.03. The summed E-state index contributed by atoms with van der Waals surface area (Å²) in [5, 5.41) is 3.16. The van der Waals surface area contributed by atoms with Crippen LogP contribution in [0.25, 0.3) is 0 Å². The lowest BCUT2D eigenvalue weighted by Gasteiger charge is -2.15. The van der Waals surface area contributed by atoms with Crippen molar-refractivity contribution < 1.29 is 4.74 Å². The van der Waals surface area contributed by atoms with E-state index in [1.165, 1.54) is 0 Å². The SMILES string of the molecule is CCCOc1ccc(C(Cc2csc(C)n2)NN)cc1. The van der Waals surface area contributed by atoms with Gasteiger partial charge in [-0.1, -0.05) is 19.1 Å². The van der Waals surface area contributed by atoms with E-state index in [0.29, 0.717) is 0 Å². The van der Waals surface area contributed by atoms with Gasteiger partial charge in [-0.15, -0.1) is 11.3 Å². The fraction of sp³-hybridized carbons (Fsp3) is 0.400. The van der Waals surface area contributed by atoms with Crippen molar-refractivity contribution in [2.45, 2.75) is 32.7 Å². The molecule has 0 saturated heterocycles. The molecule has 0 bridgehead atoms. The maximum atomic E-state index is 5.67. The number of aromatic nitrogens is 1. The van der Waals surface area contributed by atoms with Gasteiger partial charge in [0.15, 0.2) is 0 Å². The summed E-state index contributed by atoms with van der Waals surface area (Å²) in [6.07, 6.45) is 1.80. The molecule has 20 heavy (non-hydrogen) atoms. The smallest absolute Gasteiger partial charge is 0.119 e. The fourth-order valence-corrected chi connectivity index (χ4v) is 2.63. The van der Waals surface area contributed by atoms with Gasteiger partial charge in [-0.3, -0.25) is 11.3 Å². The number of nitrogens with two attached hydrogens (primary N) is 1. The average molecular weight is 291 g/mol. The zero-order valence-corrected chi connectivity index (χ0v) is 12.7. The van der Waals surface area contributed by atoms with Crippen LogP contribution in [0.1, 0.15) is 35.7 Å². The lowest BCUT2D eigenvalue weighted by atomic mass is 10.0. The Hall–Kier alpha value is -1.43. The molecule has 1 unspecified atom stereocenters. The highest BCUT2D eigenvalue weighted by Gasteiger charge is 2.12. The standard InChI is InChI=1S/C15H21N3OS/c1-3-8-19-14-6-4-12(5-7-14)15(18-16)9-13-10-20-11(2)17-13/h4-7,10,15,18H,3,8-9,16H2,1-2H3. The van der Waals surface area contributed by atoms with Crippen LogP contribution in [0.5, 0.6) is 5.75 Å². The Labute approximate surface area is 124 Å². The quantitative estimate of drug-likeness (QED) is 0.608. The van der Waals surface area contributed by atoms with E-state index in [1.807, 2.05) is 19.1 Å². The number of hydrazine groups is 1.